The van der Waals surface area contributed by atoms with Gasteiger partial charge in [0.05, 0.1) is 0 Å². The molecule has 0 saturated carbocycles. The van der Waals surface area contributed by atoms with Gasteiger partial charge in [-0.1, -0.05) is 0 Å². The fraction of sp³-hybridized carbons (Fsp3) is 0. The number of ether oxygens (including phenoxy) is 1. The van der Waals surface area contributed by atoms with Gasteiger partial charge in [0.25, 0.3) is 0 Å². The summed E-state index contributed by atoms with van der Waals surface area (Å²) >= 11 is -3.18. The summed E-state index contributed by atoms with van der Waals surface area (Å²) in [7, 11) is 4.05. The predicted octanol–water partition coefficient (Wildman–Crippen LogP) is 4.27. The molecule has 5 aromatic rings. The zero-order chi connectivity index (χ0) is 22.8. The number of para-hydroxylation sites is 3. The summed E-state index contributed by atoms with van der Waals surface area (Å²) < 4.78 is 30.2. The van der Waals surface area contributed by atoms with Crippen molar-refractivity contribution in [1.82, 2.24) is 4.57 Å². The van der Waals surface area contributed by atoms with Crippen molar-refractivity contribution in [3.63, 3.8) is 0 Å². The van der Waals surface area contributed by atoms with Crippen molar-refractivity contribution >= 4 is 99.6 Å². The molecule has 0 N–H and O–H groups in total. The Bertz CT molecular complexity index is 1800. The van der Waals surface area contributed by atoms with Gasteiger partial charge in [0.1, 0.15) is 0 Å². The molecule has 0 unspecified atom stereocenters. The molecular weight excluding hydrogens is 563 g/mol. The van der Waals surface area contributed by atoms with Gasteiger partial charge in [0.15, 0.2) is 0 Å². The van der Waals surface area contributed by atoms with E-state index in [1.807, 2.05) is 12.1 Å². The summed E-state index contributed by atoms with van der Waals surface area (Å²) in [4.78, 5) is 0. The van der Waals surface area contributed by atoms with E-state index in [-0.39, 0.29) is 6.71 Å². The topological polar surface area (TPSA) is 26.5 Å². The van der Waals surface area contributed by atoms with Crippen LogP contribution in [0.4, 0.5) is 2.86 Å². The zero-order valence-corrected chi connectivity index (χ0v) is 21.5. The number of rotatable bonds is 2. The fourth-order valence-electron chi connectivity index (χ4n) is 6.14. The second kappa shape index (κ2) is 6.86. The molecule has 3 radical (unpaired) electrons. The van der Waals surface area contributed by atoms with Gasteiger partial charge in [0, 0.05) is 0 Å². The van der Waals surface area contributed by atoms with Crippen molar-refractivity contribution in [1.29, 1.82) is 0 Å². The van der Waals surface area contributed by atoms with Gasteiger partial charge >= 0.3 is 214 Å². The first-order chi connectivity index (χ1) is 17.3. The first-order valence-corrected chi connectivity index (χ1v) is 16.1. The Morgan fingerprint density at radius 2 is 1.71 bits per heavy atom. The number of halogens is 2. The van der Waals surface area contributed by atoms with Crippen LogP contribution in [0, 0.1) is 3.57 Å². The molecule has 1 aromatic heterocycles. The van der Waals surface area contributed by atoms with Gasteiger partial charge < -0.3 is 0 Å². The summed E-state index contributed by atoms with van der Waals surface area (Å²) in [6.45, 7) is 0.0131. The molecule has 159 valence electrons. The number of hydrogen-bond acceptors (Lipinski definition) is 2. The Kier molecular flexibility index (Phi) is 3.86. The van der Waals surface area contributed by atoms with Crippen molar-refractivity contribution in [2.24, 2.45) is 2.96 Å². The molecule has 0 amide bonds. The van der Waals surface area contributed by atoms with E-state index in [0.717, 1.165) is 11.2 Å². The van der Waals surface area contributed by atoms with Crippen LogP contribution in [0.5, 0.6) is 11.5 Å². The van der Waals surface area contributed by atoms with Crippen molar-refractivity contribution in [2.75, 3.05) is 0 Å². The van der Waals surface area contributed by atoms with Crippen LogP contribution in [0.1, 0.15) is 0 Å². The molecule has 5 aliphatic heterocycles. The van der Waals surface area contributed by atoms with Gasteiger partial charge in [-0.25, -0.2) is 0 Å². The van der Waals surface area contributed by atoms with E-state index < -0.39 is 28.1 Å². The predicted molar refractivity (Wildman–Crippen MR) is 158 cm³/mol. The summed E-state index contributed by atoms with van der Waals surface area (Å²) in [5.74, 6) is 1.54. The Labute approximate surface area is 213 Å². The van der Waals surface area contributed by atoms with E-state index in [1.165, 1.54) is 38.4 Å². The number of nitrogens with zero attached hydrogens (tertiary/aromatic N) is 2. The van der Waals surface area contributed by atoms with Gasteiger partial charge in [-0.05, 0) is 0 Å². The average Bonchev–Trinajstić information content (AvgIpc) is 3.19. The van der Waals surface area contributed by atoms with E-state index >= 15 is 2.86 Å². The van der Waals surface area contributed by atoms with Gasteiger partial charge in [-0.2, -0.15) is 0 Å². The number of fused-ring (bicyclic) bond motifs is 8. The fourth-order valence-corrected chi connectivity index (χ4v) is 12.9. The number of hydrogen-bond donors (Lipinski definition) is 0. The van der Waals surface area contributed by atoms with E-state index in [1.54, 1.807) is 0 Å². The standard InChI is InChI=1S/C24H13B5FIN2OP/c30-31(32-35-28-25-29(35)26-28)18-9-5-8-17-24(18)34-21-13-12-15-14-6-1-3-10-19(14)33-20-11-4-2-7-16(20)27(17)22(21)23(15)33/h1-13H. The molecule has 3 nitrogen and oxygen atoms in total. The van der Waals surface area contributed by atoms with E-state index in [0.29, 0.717) is 21.7 Å². The van der Waals surface area contributed by atoms with Crippen LogP contribution in [-0.4, -0.2) is 37.8 Å². The Hall–Kier alpha value is -2.44. The van der Waals surface area contributed by atoms with E-state index in [2.05, 4.69) is 85.4 Å². The normalized spacial score (nSPS) is 16.2. The van der Waals surface area contributed by atoms with E-state index in [9.17, 15) is 0 Å². The molecule has 0 spiro atoms. The second-order valence-corrected chi connectivity index (χ2v) is 15.3. The molecule has 3 fully saturated rings. The molecule has 0 atom stereocenters. The van der Waals surface area contributed by atoms with Crippen molar-refractivity contribution in [2.45, 2.75) is 0 Å². The average molecular weight is 576 g/mol. The van der Waals surface area contributed by atoms with Gasteiger partial charge in [0.2, 0.25) is 0 Å². The molecular formula is C24H13B5FIN2OP. The third-order valence-corrected chi connectivity index (χ3v) is 14.5. The van der Waals surface area contributed by atoms with Crippen LogP contribution < -0.4 is 21.1 Å². The third kappa shape index (κ3) is 2.43. The summed E-state index contributed by atoms with van der Waals surface area (Å²) in [6.07, 6.45) is 0.902. The summed E-state index contributed by atoms with van der Waals surface area (Å²) in [5, 5.41) is 2.47. The van der Waals surface area contributed by atoms with Crippen molar-refractivity contribution in [3.8, 4) is 17.2 Å². The molecule has 2 bridgehead atoms. The number of aromatic nitrogens is 1. The zero-order valence-electron chi connectivity index (χ0n) is 18.4. The summed E-state index contributed by atoms with van der Waals surface area (Å²) in [6, 6.07) is 27.5. The Balaban J connectivity index is 1.34. The molecule has 10 rings (SSSR count). The minimum absolute atomic E-state index is 0.0131. The molecule has 0 aliphatic carbocycles. The van der Waals surface area contributed by atoms with Crippen molar-refractivity contribution in [3.05, 3.63) is 82.4 Å². The van der Waals surface area contributed by atoms with E-state index in [4.69, 9.17) is 7.70 Å². The number of benzene rings is 4. The molecule has 11 heteroatoms. The monoisotopic (exact) mass is 577 g/mol. The van der Waals surface area contributed by atoms with Crippen LogP contribution in [0.25, 0.3) is 27.5 Å². The first-order valence-electron chi connectivity index (χ1n) is 11.8. The second-order valence-electron chi connectivity index (χ2n) is 9.52. The van der Waals surface area contributed by atoms with Crippen LogP contribution >= 0.6 is 28.1 Å². The quantitative estimate of drug-likeness (QED) is 0.172. The third-order valence-electron chi connectivity index (χ3n) is 7.85. The van der Waals surface area contributed by atoms with Crippen molar-refractivity contribution < 1.29 is 7.60 Å². The molecule has 3 saturated heterocycles. The molecule has 5 aliphatic rings. The SMILES string of the molecule is FI(N=[P+]1B2[B]B1[B-]2)c1cccc2c1Oc1ccc3c4ccccc4n4c3c1B2c1ccccc1-4. The first kappa shape index (κ1) is 19.7. The van der Waals surface area contributed by atoms with Crippen LogP contribution in [-0.2, 0) is 0 Å². The minimum atomic E-state index is -3.18. The van der Waals surface area contributed by atoms with Crippen LogP contribution in [0.15, 0.2) is 81.8 Å². The van der Waals surface area contributed by atoms with Gasteiger partial charge in [-0.3, -0.25) is 0 Å². The van der Waals surface area contributed by atoms with Crippen LogP contribution in [0.3, 0.4) is 0 Å². The summed E-state index contributed by atoms with van der Waals surface area (Å²) in [5.41, 5.74) is 7.08. The molecule has 6 heterocycles. The Morgan fingerprint density at radius 1 is 0.914 bits per heavy atom. The maximum atomic E-state index is 15.8. The Morgan fingerprint density at radius 3 is 2.57 bits per heavy atom. The van der Waals surface area contributed by atoms with Crippen LogP contribution in [0.2, 0.25) is 0 Å². The maximum absolute atomic E-state index is 15.8. The molecule has 35 heavy (non-hydrogen) atoms. The molecule has 4 aromatic carbocycles. The van der Waals surface area contributed by atoms with Gasteiger partial charge in [-0.15, -0.1) is 0 Å².